The van der Waals surface area contributed by atoms with Crippen LogP contribution in [-0.4, -0.2) is 21.2 Å². The molecule has 0 saturated heterocycles. The highest BCUT2D eigenvalue weighted by Crippen LogP contribution is 2.33. The van der Waals surface area contributed by atoms with Crippen molar-refractivity contribution in [2.75, 3.05) is 11.2 Å². The second-order valence-corrected chi connectivity index (χ2v) is 7.08. The number of fused-ring (bicyclic) bond motifs is 1. The van der Waals surface area contributed by atoms with E-state index in [-0.39, 0.29) is 28.9 Å². The molecule has 1 amide bonds. The molecule has 0 radical (unpaired) electrons. The number of amides is 1. The van der Waals surface area contributed by atoms with Crippen LogP contribution in [0.5, 0.6) is 0 Å². The van der Waals surface area contributed by atoms with E-state index in [0.29, 0.717) is 5.65 Å². The van der Waals surface area contributed by atoms with E-state index in [9.17, 15) is 13.6 Å². The maximum absolute atomic E-state index is 14.4. The van der Waals surface area contributed by atoms with Crippen molar-refractivity contribution in [3.05, 3.63) is 53.7 Å². The Morgan fingerprint density at radius 2 is 2.04 bits per heavy atom. The highest BCUT2D eigenvalue weighted by atomic mass is 35.5. The number of aromatic nitrogens is 2. The van der Waals surface area contributed by atoms with E-state index in [2.05, 4.69) is 10.3 Å². The van der Waals surface area contributed by atoms with Crippen molar-refractivity contribution < 1.29 is 13.6 Å². The number of nitrogens with one attached hydrogen (secondary N) is 1. The number of nitrogens with zero attached hydrogens (tertiary/aromatic N) is 2. The Morgan fingerprint density at radius 3 is 2.73 bits per heavy atom. The van der Waals surface area contributed by atoms with Gasteiger partial charge in [0.2, 0.25) is 5.91 Å². The summed E-state index contributed by atoms with van der Waals surface area (Å²) in [5.41, 5.74) is 0.765. The average Bonchev–Trinajstić information content (AvgIpc) is 2.94. The van der Waals surface area contributed by atoms with Crippen LogP contribution in [0.1, 0.15) is 19.4 Å². The minimum absolute atomic E-state index is 0.0228. The fraction of sp³-hybridized carbons (Fsp3) is 0.263. The molecule has 3 rings (SSSR count). The molecule has 2 heterocycles. The summed E-state index contributed by atoms with van der Waals surface area (Å²) in [5, 5.41) is 2.78. The zero-order valence-corrected chi connectivity index (χ0v) is 15.4. The third kappa shape index (κ3) is 3.17. The number of halogens is 3. The number of aryl methyl sites for hydroxylation is 1. The predicted molar refractivity (Wildman–Crippen MR) is 98.4 cm³/mol. The predicted octanol–water partition coefficient (Wildman–Crippen LogP) is 4.79. The summed E-state index contributed by atoms with van der Waals surface area (Å²) in [6, 6.07) is 7.49. The molecule has 1 N–H and O–H groups in total. The van der Waals surface area contributed by atoms with Crippen molar-refractivity contribution in [2.45, 2.75) is 20.8 Å². The van der Waals surface area contributed by atoms with Gasteiger partial charge in [0, 0.05) is 17.6 Å². The molecule has 4 nitrogen and oxygen atoms in total. The summed E-state index contributed by atoms with van der Waals surface area (Å²) >= 11 is 5.88. The molecule has 0 aliphatic carbocycles. The second-order valence-electron chi connectivity index (χ2n) is 6.81. The average molecular weight is 378 g/mol. The maximum atomic E-state index is 14.4. The van der Waals surface area contributed by atoms with Crippen LogP contribution in [-0.2, 0) is 4.79 Å². The Kier molecular flexibility index (Phi) is 4.71. The van der Waals surface area contributed by atoms with Crippen LogP contribution in [0.3, 0.4) is 0 Å². The third-order valence-electron chi connectivity index (χ3n) is 4.17. The maximum Gasteiger partial charge on any atom is 0.232 e. The molecule has 0 fully saturated rings. The first-order valence-corrected chi connectivity index (χ1v) is 8.58. The molecule has 0 aliphatic heterocycles. The second kappa shape index (κ2) is 6.68. The van der Waals surface area contributed by atoms with Gasteiger partial charge in [-0.1, -0.05) is 6.07 Å². The van der Waals surface area contributed by atoms with E-state index in [1.165, 1.54) is 12.1 Å². The standard InChI is InChI=1S/C19H18ClF2N3O/c1-11-7-8-25-14(9-11)23-16(12-5-4-6-13(21)15(12)22)17(25)24-18(26)19(2,3)10-20/h4-9H,10H2,1-3H3,(H,24,26). The Morgan fingerprint density at radius 1 is 1.31 bits per heavy atom. The molecule has 0 aliphatic rings. The fourth-order valence-electron chi connectivity index (χ4n) is 2.48. The number of rotatable bonds is 4. The largest absolute Gasteiger partial charge is 0.309 e. The van der Waals surface area contributed by atoms with Gasteiger partial charge in [-0.2, -0.15) is 0 Å². The number of anilines is 1. The number of pyridine rings is 1. The van der Waals surface area contributed by atoms with Crippen LogP contribution in [0.2, 0.25) is 0 Å². The number of hydrogen-bond acceptors (Lipinski definition) is 2. The van der Waals surface area contributed by atoms with Crippen LogP contribution in [0, 0.1) is 24.0 Å². The molecular formula is C19H18ClF2N3O. The Balaban J connectivity index is 2.22. The van der Waals surface area contributed by atoms with Crippen LogP contribution in [0.4, 0.5) is 14.6 Å². The number of carbonyl (C=O) groups excluding carboxylic acids is 1. The van der Waals surface area contributed by atoms with Crippen molar-refractivity contribution >= 4 is 29.0 Å². The lowest BCUT2D eigenvalue weighted by Crippen LogP contribution is -2.32. The van der Waals surface area contributed by atoms with Crippen molar-refractivity contribution in [3.63, 3.8) is 0 Å². The lowest BCUT2D eigenvalue weighted by atomic mass is 9.95. The first-order chi connectivity index (χ1) is 12.2. The third-order valence-corrected chi connectivity index (χ3v) is 4.84. The highest BCUT2D eigenvalue weighted by Gasteiger charge is 2.29. The first kappa shape index (κ1) is 18.3. The van der Waals surface area contributed by atoms with E-state index in [0.717, 1.165) is 11.6 Å². The Bertz CT molecular complexity index is 998. The molecule has 26 heavy (non-hydrogen) atoms. The minimum Gasteiger partial charge on any atom is -0.309 e. The van der Waals surface area contributed by atoms with Crippen molar-refractivity contribution in [1.82, 2.24) is 9.38 Å². The van der Waals surface area contributed by atoms with Crippen molar-refractivity contribution in [1.29, 1.82) is 0 Å². The molecule has 0 bridgehead atoms. The topological polar surface area (TPSA) is 46.4 Å². The van der Waals surface area contributed by atoms with Gasteiger partial charge in [-0.25, -0.2) is 13.8 Å². The summed E-state index contributed by atoms with van der Waals surface area (Å²) in [6.45, 7) is 5.29. The first-order valence-electron chi connectivity index (χ1n) is 8.05. The monoisotopic (exact) mass is 377 g/mol. The van der Waals surface area contributed by atoms with E-state index < -0.39 is 17.0 Å². The smallest absolute Gasteiger partial charge is 0.232 e. The van der Waals surface area contributed by atoms with Crippen molar-refractivity contribution in [2.24, 2.45) is 5.41 Å². The highest BCUT2D eigenvalue weighted by molar-refractivity contribution is 6.20. The van der Waals surface area contributed by atoms with Gasteiger partial charge in [-0.15, -0.1) is 11.6 Å². The molecule has 0 spiro atoms. The lowest BCUT2D eigenvalue weighted by molar-refractivity contribution is -0.123. The number of hydrogen-bond donors (Lipinski definition) is 1. The number of carbonyl (C=O) groups is 1. The summed E-state index contributed by atoms with van der Waals surface area (Å²) in [6.07, 6.45) is 1.72. The Hall–Kier alpha value is -2.47. The quantitative estimate of drug-likeness (QED) is 0.664. The Labute approximate surface area is 154 Å². The van der Waals surface area contributed by atoms with E-state index in [4.69, 9.17) is 11.6 Å². The van der Waals surface area contributed by atoms with Gasteiger partial charge in [-0.05, 0) is 50.6 Å². The summed E-state index contributed by atoms with van der Waals surface area (Å²) in [4.78, 5) is 17.0. The van der Waals surface area contributed by atoms with Gasteiger partial charge < -0.3 is 5.32 Å². The summed E-state index contributed by atoms with van der Waals surface area (Å²) in [7, 11) is 0. The normalized spacial score (nSPS) is 11.8. The SMILES string of the molecule is Cc1ccn2c(NC(=O)C(C)(C)CCl)c(-c3cccc(F)c3F)nc2c1. The van der Waals surface area contributed by atoms with Gasteiger partial charge in [0.1, 0.15) is 17.2 Å². The molecule has 0 saturated carbocycles. The molecule has 0 atom stereocenters. The zero-order chi connectivity index (χ0) is 19.1. The molecule has 2 aromatic heterocycles. The van der Waals surface area contributed by atoms with Crippen molar-refractivity contribution in [3.8, 4) is 11.3 Å². The number of imidazole rings is 1. The minimum atomic E-state index is -1.01. The van der Waals surface area contributed by atoms with Crippen LogP contribution in [0.15, 0.2) is 36.5 Å². The molecular weight excluding hydrogens is 360 g/mol. The van der Waals surface area contributed by atoms with Gasteiger partial charge in [-0.3, -0.25) is 9.20 Å². The lowest BCUT2D eigenvalue weighted by Gasteiger charge is -2.20. The molecule has 136 valence electrons. The van der Waals surface area contributed by atoms with E-state index in [1.54, 1.807) is 30.5 Å². The molecule has 3 aromatic rings. The van der Waals surface area contributed by atoms with Gasteiger partial charge in [0.15, 0.2) is 11.6 Å². The van der Waals surface area contributed by atoms with Crippen LogP contribution >= 0.6 is 11.6 Å². The zero-order valence-electron chi connectivity index (χ0n) is 14.6. The number of alkyl halides is 1. The summed E-state index contributed by atoms with van der Waals surface area (Å²) in [5.74, 6) is -1.95. The van der Waals surface area contributed by atoms with E-state index in [1.807, 2.05) is 13.0 Å². The summed E-state index contributed by atoms with van der Waals surface area (Å²) < 4.78 is 29.7. The number of benzene rings is 1. The van der Waals surface area contributed by atoms with Crippen LogP contribution < -0.4 is 5.32 Å². The van der Waals surface area contributed by atoms with Gasteiger partial charge >= 0.3 is 0 Å². The van der Waals surface area contributed by atoms with E-state index >= 15 is 0 Å². The molecule has 0 unspecified atom stereocenters. The molecule has 1 aromatic carbocycles. The van der Waals surface area contributed by atoms with Gasteiger partial charge in [0.25, 0.3) is 0 Å². The van der Waals surface area contributed by atoms with Crippen LogP contribution in [0.25, 0.3) is 16.9 Å². The molecule has 7 heteroatoms. The fourth-order valence-corrected chi connectivity index (χ4v) is 2.60. The van der Waals surface area contributed by atoms with Gasteiger partial charge in [0.05, 0.1) is 5.41 Å².